The number of ether oxygens (including phenoxy) is 1. The van der Waals surface area contributed by atoms with Crippen LogP contribution in [-0.2, 0) is 11.2 Å². The Kier molecular flexibility index (Phi) is 3.53. The van der Waals surface area contributed by atoms with Crippen molar-refractivity contribution in [3.63, 3.8) is 0 Å². The first-order valence-electron chi connectivity index (χ1n) is 6.53. The summed E-state index contributed by atoms with van der Waals surface area (Å²) in [5.41, 5.74) is 4.94. The first-order valence-corrected chi connectivity index (χ1v) is 6.53. The Labute approximate surface area is 112 Å². The Hall–Kier alpha value is -1.78. The molecule has 4 nitrogen and oxygen atoms in total. The van der Waals surface area contributed by atoms with Crippen LogP contribution in [0.5, 0.6) is 0 Å². The molecule has 0 fully saturated rings. The number of likely N-dealkylation sites (N-methyl/N-ethyl adjacent to an activating group) is 1. The molecule has 98 valence electrons. The average Bonchev–Trinajstić information content (AvgIpc) is 2.48. The highest BCUT2D eigenvalue weighted by molar-refractivity contribution is 5.68. The van der Waals surface area contributed by atoms with Crippen LogP contribution < -0.4 is 5.32 Å². The molecule has 1 aromatic heterocycles. The van der Waals surface area contributed by atoms with Crippen molar-refractivity contribution in [2.45, 2.75) is 12.5 Å². The summed E-state index contributed by atoms with van der Waals surface area (Å²) >= 11 is 0. The molecule has 2 heterocycles. The molecular weight excluding hydrogens is 238 g/mol. The maximum Gasteiger partial charge on any atom is 0.115 e. The number of fused-ring (bicyclic) bond motifs is 1. The van der Waals surface area contributed by atoms with Crippen LogP contribution in [0.3, 0.4) is 0 Å². The molecule has 0 spiro atoms. The van der Waals surface area contributed by atoms with Crippen LogP contribution in [0.4, 0.5) is 0 Å². The SMILES string of the molecule is CNC[C@H]1OCCc2c(-c3cncnc3)cccc21. The minimum Gasteiger partial charge on any atom is -0.372 e. The molecule has 0 radical (unpaired) electrons. The molecule has 1 atom stereocenters. The fourth-order valence-electron chi connectivity index (χ4n) is 2.64. The van der Waals surface area contributed by atoms with Crippen LogP contribution in [0.2, 0.25) is 0 Å². The zero-order valence-corrected chi connectivity index (χ0v) is 11.0. The highest BCUT2D eigenvalue weighted by Crippen LogP contribution is 2.33. The first kappa shape index (κ1) is 12.3. The van der Waals surface area contributed by atoms with Gasteiger partial charge in [-0.25, -0.2) is 9.97 Å². The number of benzene rings is 1. The molecule has 19 heavy (non-hydrogen) atoms. The van der Waals surface area contributed by atoms with E-state index in [0.29, 0.717) is 0 Å². The fraction of sp³-hybridized carbons (Fsp3) is 0.333. The molecule has 0 bridgehead atoms. The minimum absolute atomic E-state index is 0.137. The Morgan fingerprint density at radius 1 is 1.32 bits per heavy atom. The molecule has 4 heteroatoms. The van der Waals surface area contributed by atoms with Crippen molar-refractivity contribution in [1.29, 1.82) is 0 Å². The van der Waals surface area contributed by atoms with Gasteiger partial charge in [-0.2, -0.15) is 0 Å². The fourth-order valence-corrected chi connectivity index (χ4v) is 2.64. The van der Waals surface area contributed by atoms with E-state index in [1.165, 1.54) is 16.7 Å². The summed E-state index contributed by atoms with van der Waals surface area (Å²) in [5.74, 6) is 0. The van der Waals surface area contributed by atoms with Gasteiger partial charge in [0.25, 0.3) is 0 Å². The van der Waals surface area contributed by atoms with Gasteiger partial charge in [0.2, 0.25) is 0 Å². The monoisotopic (exact) mass is 255 g/mol. The van der Waals surface area contributed by atoms with Gasteiger partial charge in [-0.1, -0.05) is 18.2 Å². The third kappa shape index (κ3) is 2.37. The van der Waals surface area contributed by atoms with Crippen LogP contribution >= 0.6 is 0 Å². The van der Waals surface area contributed by atoms with Crippen molar-refractivity contribution in [1.82, 2.24) is 15.3 Å². The van der Waals surface area contributed by atoms with Crippen LogP contribution in [0.25, 0.3) is 11.1 Å². The van der Waals surface area contributed by atoms with E-state index in [1.807, 2.05) is 19.4 Å². The van der Waals surface area contributed by atoms with Crippen molar-refractivity contribution < 1.29 is 4.74 Å². The van der Waals surface area contributed by atoms with Gasteiger partial charge < -0.3 is 10.1 Å². The van der Waals surface area contributed by atoms with Crippen molar-refractivity contribution in [3.8, 4) is 11.1 Å². The van der Waals surface area contributed by atoms with Gasteiger partial charge in [0.1, 0.15) is 6.33 Å². The average molecular weight is 255 g/mol. The quantitative estimate of drug-likeness (QED) is 0.911. The molecule has 0 unspecified atom stereocenters. The van der Waals surface area contributed by atoms with E-state index in [-0.39, 0.29) is 6.10 Å². The van der Waals surface area contributed by atoms with Gasteiger partial charge in [-0.05, 0) is 30.2 Å². The van der Waals surface area contributed by atoms with Gasteiger partial charge in [0.15, 0.2) is 0 Å². The van der Waals surface area contributed by atoms with Crippen molar-refractivity contribution in [2.24, 2.45) is 0 Å². The molecule has 0 saturated carbocycles. The Bertz CT molecular complexity index is 557. The van der Waals surface area contributed by atoms with E-state index in [4.69, 9.17) is 4.74 Å². The zero-order chi connectivity index (χ0) is 13.1. The predicted molar refractivity (Wildman–Crippen MR) is 73.8 cm³/mol. The van der Waals surface area contributed by atoms with Crippen LogP contribution in [0.1, 0.15) is 17.2 Å². The molecule has 1 aliphatic heterocycles. The van der Waals surface area contributed by atoms with E-state index >= 15 is 0 Å². The van der Waals surface area contributed by atoms with Crippen molar-refractivity contribution in [2.75, 3.05) is 20.2 Å². The molecule has 2 aromatic rings. The van der Waals surface area contributed by atoms with Crippen LogP contribution in [0.15, 0.2) is 36.9 Å². The highest BCUT2D eigenvalue weighted by Gasteiger charge is 2.22. The minimum atomic E-state index is 0.137. The number of hydrogen-bond donors (Lipinski definition) is 1. The maximum atomic E-state index is 5.84. The zero-order valence-electron chi connectivity index (χ0n) is 11.0. The second kappa shape index (κ2) is 5.47. The molecule has 0 saturated heterocycles. The predicted octanol–water partition coefficient (Wildman–Crippen LogP) is 1.98. The maximum absolute atomic E-state index is 5.84. The van der Waals surface area contributed by atoms with E-state index in [9.17, 15) is 0 Å². The summed E-state index contributed by atoms with van der Waals surface area (Å²) < 4.78 is 5.84. The molecule has 1 aromatic carbocycles. The summed E-state index contributed by atoms with van der Waals surface area (Å²) in [5, 5.41) is 3.19. The Morgan fingerprint density at radius 2 is 2.16 bits per heavy atom. The standard InChI is InChI=1S/C15H17N3O/c1-16-9-15-14-4-2-3-12(13(14)5-6-19-15)11-7-17-10-18-8-11/h2-4,7-8,10,15-16H,5-6,9H2,1H3/t15-/m1/s1. The Morgan fingerprint density at radius 3 is 2.95 bits per heavy atom. The summed E-state index contributed by atoms with van der Waals surface area (Å²) in [7, 11) is 1.95. The third-order valence-corrected chi connectivity index (χ3v) is 3.49. The van der Waals surface area contributed by atoms with Gasteiger partial charge in [0.05, 0.1) is 12.7 Å². The summed E-state index contributed by atoms with van der Waals surface area (Å²) in [4.78, 5) is 8.22. The molecular formula is C15H17N3O. The van der Waals surface area contributed by atoms with E-state index < -0.39 is 0 Å². The lowest BCUT2D eigenvalue weighted by atomic mass is 9.90. The summed E-state index contributed by atoms with van der Waals surface area (Å²) in [6, 6.07) is 6.38. The van der Waals surface area contributed by atoms with E-state index in [1.54, 1.807) is 6.33 Å². The molecule has 1 aliphatic rings. The lowest BCUT2D eigenvalue weighted by Crippen LogP contribution is -2.25. The van der Waals surface area contributed by atoms with Crippen LogP contribution in [-0.4, -0.2) is 30.2 Å². The second-order valence-corrected chi connectivity index (χ2v) is 4.67. The lowest BCUT2D eigenvalue weighted by molar-refractivity contribution is 0.0440. The molecule has 0 amide bonds. The Balaban J connectivity index is 2.06. The smallest absolute Gasteiger partial charge is 0.115 e. The topological polar surface area (TPSA) is 47.0 Å². The highest BCUT2D eigenvalue weighted by atomic mass is 16.5. The van der Waals surface area contributed by atoms with Gasteiger partial charge in [-0.15, -0.1) is 0 Å². The lowest BCUT2D eigenvalue weighted by Gasteiger charge is -2.27. The molecule has 1 N–H and O–H groups in total. The van der Waals surface area contributed by atoms with Gasteiger partial charge in [-0.3, -0.25) is 0 Å². The number of hydrogen-bond acceptors (Lipinski definition) is 4. The number of aromatic nitrogens is 2. The molecule has 0 aliphatic carbocycles. The largest absolute Gasteiger partial charge is 0.372 e. The summed E-state index contributed by atoms with van der Waals surface area (Å²) in [6.07, 6.45) is 6.38. The van der Waals surface area contributed by atoms with E-state index in [0.717, 1.165) is 25.1 Å². The summed E-state index contributed by atoms with van der Waals surface area (Å²) in [6.45, 7) is 1.60. The van der Waals surface area contributed by atoms with E-state index in [2.05, 4.69) is 33.5 Å². The number of nitrogens with zero attached hydrogens (tertiary/aromatic N) is 2. The van der Waals surface area contributed by atoms with Crippen LogP contribution in [0, 0.1) is 0 Å². The van der Waals surface area contributed by atoms with Crippen molar-refractivity contribution >= 4 is 0 Å². The van der Waals surface area contributed by atoms with Gasteiger partial charge in [0, 0.05) is 24.5 Å². The number of nitrogens with one attached hydrogen (secondary N) is 1. The number of rotatable bonds is 3. The van der Waals surface area contributed by atoms with Crippen molar-refractivity contribution in [3.05, 3.63) is 48.0 Å². The first-order chi connectivity index (χ1) is 9.40. The second-order valence-electron chi connectivity index (χ2n) is 4.67. The molecule has 3 rings (SSSR count). The van der Waals surface area contributed by atoms with Gasteiger partial charge >= 0.3 is 0 Å². The third-order valence-electron chi connectivity index (χ3n) is 3.49. The normalized spacial score (nSPS) is 18.1.